The number of nitro benzene ring substituents is 1. The Morgan fingerprint density at radius 1 is 1.55 bits per heavy atom. The fourth-order valence-corrected chi connectivity index (χ4v) is 1.45. The third-order valence-corrected chi connectivity index (χ3v) is 2.38. The van der Waals surface area contributed by atoms with Crippen LogP contribution >= 0.6 is 0 Å². The minimum atomic E-state index is -0.691. The number of non-ortho nitro benzene ring substituents is 1. The van der Waals surface area contributed by atoms with Crippen molar-refractivity contribution in [1.29, 1.82) is 0 Å². The lowest BCUT2D eigenvalue weighted by molar-refractivity contribution is -0.384. The van der Waals surface area contributed by atoms with Crippen LogP contribution in [0.1, 0.15) is 10.4 Å². The number of rotatable bonds is 7. The molecule has 0 saturated heterocycles. The molecule has 0 bridgehead atoms. The van der Waals surface area contributed by atoms with Crippen LogP contribution in [0.2, 0.25) is 6.82 Å². The van der Waals surface area contributed by atoms with Crippen molar-refractivity contribution >= 4 is 18.7 Å². The number of hydrogen-bond acceptors (Lipinski definition) is 7. The van der Waals surface area contributed by atoms with Crippen molar-refractivity contribution in [1.82, 2.24) is 5.23 Å². The van der Waals surface area contributed by atoms with Gasteiger partial charge in [-0.05, 0) is 12.9 Å². The summed E-state index contributed by atoms with van der Waals surface area (Å²) in [6.07, 6.45) is 0. The van der Waals surface area contributed by atoms with Crippen molar-refractivity contribution in [3.05, 3.63) is 33.9 Å². The third-order valence-electron chi connectivity index (χ3n) is 2.38. The molecule has 0 aliphatic carbocycles. The monoisotopic (exact) mass is 282 g/mol. The first-order valence-electron chi connectivity index (χ1n) is 5.86. The van der Waals surface area contributed by atoms with Crippen molar-refractivity contribution < 1.29 is 24.2 Å². The predicted molar refractivity (Wildman–Crippen MR) is 71.8 cm³/mol. The van der Waals surface area contributed by atoms with Gasteiger partial charge in [-0.15, -0.1) is 0 Å². The summed E-state index contributed by atoms with van der Waals surface area (Å²) < 4.78 is 9.90. The first-order chi connectivity index (χ1) is 9.45. The zero-order valence-corrected chi connectivity index (χ0v) is 11.2. The van der Waals surface area contributed by atoms with Gasteiger partial charge in [-0.1, -0.05) is 0 Å². The van der Waals surface area contributed by atoms with Crippen LogP contribution in [0.25, 0.3) is 0 Å². The summed E-state index contributed by atoms with van der Waals surface area (Å²) in [4.78, 5) is 21.7. The topological polar surface area (TPSA) is 111 Å². The van der Waals surface area contributed by atoms with Crippen LogP contribution in [0.3, 0.4) is 0 Å². The molecule has 2 N–H and O–H groups in total. The number of benzene rings is 1. The van der Waals surface area contributed by atoms with Crippen LogP contribution in [0.4, 0.5) is 5.69 Å². The summed E-state index contributed by atoms with van der Waals surface area (Å²) in [5, 5.41) is 22.4. The molecule has 0 aromatic heterocycles. The fraction of sp³-hybridized carbons (Fsp3) is 0.364. The standard InChI is InChI=1S/C11H15BN2O6/c1-12(16)13-5-6-20-10-7-8(14(17)18)3-4-9(10)11(15)19-2/h3-4,7,13,16H,5-6H2,1-2H3. The molecular weight excluding hydrogens is 267 g/mol. The maximum atomic E-state index is 11.5. The van der Waals surface area contributed by atoms with E-state index in [0.717, 1.165) is 6.07 Å². The van der Waals surface area contributed by atoms with Crippen LogP contribution < -0.4 is 9.96 Å². The first kappa shape index (κ1) is 15.9. The molecule has 0 aliphatic heterocycles. The number of hydrogen-bond donors (Lipinski definition) is 2. The second-order valence-electron chi connectivity index (χ2n) is 3.91. The Labute approximate surface area is 116 Å². The van der Waals surface area contributed by atoms with Gasteiger partial charge in [0.05, 0.1) is 24.7 Å². The maximum absolute atomic E-state index is 11.5. The number of nitrogens with one attached hydrogen (secondary N) is 1. The molecule has 0 fully saturated rings. The van der Waals surface area contributed by atoms with Crippen LogP contribution in [0, 0.1) is 10.1 Å². The lowest BCUT2D eigenvalue weighted by Gasteiger charge is -2.11. The van der Waals surface area contributed by atoms with E-state index in [1.165, 1.54) is 19.2 Å². The van der Waals surface area contributed by atoms with Crippen LogP contribution in [0.15, 0.2) is 18.2 Å². The number of nitrogens with zero attached hydrogens (tertiary/aromatic N) is 1. The zero-order chi connectivity index (χ0) is 15.1. The molecule has 0 atom stereocenters. The van der Waals surface area contributed by atoms with E-state index in [2.05, 4.69) is 9.96 Å². The minimum absolute atomic E-state index is 0.0680. The Morgan fingerprint density at radius 3 is 2.80 bits per heavy atom. The number of nitro groups is 1. The first-order valence-corrected chi connectivity index (χ1v) is 5.86. The van der Waals surface area contributed by atoms with Gasteiger partial charge < -0.3 is 19.7 Å². The molecule has 0 radical (unpaired) electrons. The average Bonchev–Trinajstić information content (AvgIpc) is 2.42. The highest BCUT2D eigenvalue weighted by atomic mass is 16.6. The molecule has 0 saturated carbocycles. The van der Waals surface area contributed by atoms with Gasteiger partial charge in [-0.2, -0.15) is 0 Å². The minimum Gasteiger partial charge on any atom is -0.491 e. The van der Waals surface area contributed by atoms with E-state index < -0.39 is 17.9 Å². The zero-order valence-electron chi connectivity index (χ0n) is 11.2. The number of carbonyl (C=O) groups excluding carboxylic acids is 1. The third kappa shape index (κ3) is 4.52. The molecule has 0 spiro atoms. The van der Waals surface area contributed by atoms with Gasteiger partial charge >= 0.3 is 13.0 Å². The SMILES string of the molecule is COC(=O)c1ccc([N+](=O)[O-])cc1OCCNB(C)O. The van der Waals surface area contributed by atoms with Crippen molar-refractivity contribution in [2.45, 2.75) is 6.82 Å². The lowest BCUT2D eigenvalue weighted by atomic mass is 9.89. The molecule has 0 heterocycles. The highest BCUT2D eigenvalue weighted by Gasteiger charge is 2.17. The molecule has 0 unspecified atom stereocenters. The van der Waals surface area contributed by atoms with E-state index in [1.54, 1.807) is 6.82 Å². The molecule has 9 heteroatoms. The molecule has 1 aromatic rings. The number of esters is 1. The van der Waals surface area contributed by atoms with E-state index in [0.29, 0.717) is 6.54 Å². The van der Waals surface area contributed by atoms with E-state index >= 15 is 0 Å². The molecular formula is C11H15BN2O6. The largest absolute Gasteiger partial charge is 0.491 e. The van der Waals surface area contributed by atoms with Crippen molar-refractivity contribution in [3.8, 4) is 5.75 Å². The summed E-state index contributed by atoms with van der Waals surface area (Å²) in [6, 6.07) is 3.64. The molecule has 8 nitrogen and oxygen atoms in total. The smallest absolute Gasteiger partial charge is 0.373 e. The van der Waals surface area contributed by atoms with Crippen molar-refractivity contribution in [2.75, 3.05) is 20.3 Å². The van der Waals surface area contributed by atoms with Gasteiger partial charge in [0.2, 0.25) is 0 Å². The normalized spacial score (nSPS) is 9.95. The van der Waals surface area contributed by atoms with E-state index in [1.807, 2.05) is 0 Å². The number of methoxy groups -OCH3 is 1. The second kappa shape index (κ2) is 7.46. The number of carbonyl (C=O) groups is 1. The van der Waals surface area contributed by atoms with Crippen LogP contribution in [0.5, 0.6) is 5.75 Å². The lowest BCUT2D eigenvalue weighted by Crippen LogP contribution is -2.34. The average molecular weight is 282 g/mol. The molecule has 20 heavy (non-hydrogen) atoms. The van der Waals surface area contributed by atoms with E-state index in [4.69, 9.17) is 9.76 Å². The Morgan fingerprint density at radius 2 is 2.25 bits per heavy atom. The molecule has 0 amide bonds. The van der Waals surface area contributed by atoms with Crippen molar-refractivity contribution in [3.63, 3.8) is 0 Å². The fourth-order valence-electron chi connectivity index (χ4n) is 1.45. The summed E-state index contributed by atoms with van der Waals surface area (Å²) >= 11 is 0. The van der Waals surface area contributed by atoms with Gasteiger partial charge in [0, 0.05) is 12.6 Å². The van der Waals surface area contributed by atoms with Gasteiger partial charge in [0.15, 0.2) is 0 Å². The number of ether oxygens (including phenoxy) is 2. The Bertz CT molecular complexity index is 494. The summed E-state index contributed by atoms with van der Waals surface area (Å²) in [6.45, 7) is 2.00. The summed E-state index contributed by atoms with van der Waals surface area (Å²) in [5.41, 5.74) is -0.0775. The Kier molecular flexibility index (Phi) is 5.94. The van der Waals surface area contributed by atoms with Gasteiger partial charge in [0.25, 0.3) is 5.69 Å². The Balaban J connectivity index is 2.85. The van der Waals surface area contributed by atoms with Crippen LogP contribution in [-0.4, -0.2) is 43.2 Å². The quantitative estimate of drug-likeness (QED) is 0.246. The van der Waals surface area contributed by atoms with Crippen LogP contribution in [-0.2, 0) is 4.74 Å². The van der Waals surface area contributed by atoms with E-state index in [-0.39, 0.29) is 23.6 Å². The molecule has 108 valence electrons. The van der Waals surface area contributed by atoms with Gasteiger partial charge in [-0.3, -0.25) is 10.1 Å². The molecule has 1 aromatic carbocycles. The van der Waals surface area contributed by atoms with Gasteiger partial charge in [0.1, 0.15) is 11.3 Å². The van der Waals surface area contributed by atoms with E-state index in [9.17, 15) is 14.9 Å². The second-order valence-corrected chi connectivity index (χ2v) is 3.91. The highest BCUT2D eigenvalue weighted by Crippen LogP contribution is 2.25. The predicted octanol–water partition coefficient (Wildman–Crippen LogP) is 0.460. The Hall–Kier alpha value is -2.13. The van der Waals surface area contributed by atoms with Gasteiger partial charge in [-0.25, -0.2) is 4.79 Å². The maximum Gasteiger partial charge on any atom is 0.373 e. The summed E-state index contributed by atoms with van der Waals surface area (Å²) in [5.74, 6) is -0.572. The van der Waals surface area contributed by atoms with Crippen molar-refractivity contribution in [2.24, 2.45) is 0 Å². The highest BCUT2D eigenvalue weighted by molar-refractivity contribution is 6.45. The summed E-state index contributed by atoms with van der Waals surface area (Å²) in [7, 11) is 0.520. The molecule has 0 aliphatic rings. The molecule has 1 rings (SSSR count).